The molecule has 16 heavy (non-hydrogen) atoms. The van der Waals surface area contributed by atoms with Gasteiger partial charge in [-0.05, 0) is 24.2 Å². The van der Waals surface area contributed by atoms with Crippen LogP contribution in [0.1, 0.15) is 11.1 Å². The average Bonchev–Trinajstić information content (AvgIpc) is 2.83. The highest BCUT2D eigenvalue weighted by Gasteiger charge is 1.93. The van der Waals surface area contributed by atoms with Gasteiger partial charge in [-0.3, -0.25) is 0 Å². The molecule has 0 heterocycles. The van der Waals surface area contributed by atoms with Crippen molar-refractivity contribution >= 4 is 0 Å². The number of nitrogens with one attached hydrogen (secondary N) is 1. The molecule has 0 atom stereocenters. The summed E-state index contributed by atoms with van der Waals surface area (Å²) in [6, 6.07) is 16.5. The Kier molecular flexibility index (Phi) is 3.67. The van der Waals surface area contributed by atoms with Crippen molar-refractivity contribution in [3.8, 4) is 5.75 Å². The van der Waals surface area contributed by atoms with Crippen molar-refractivity contribution in [2.24, 2.45) is 0 Å². The van der Waals surface area contributed by atoms with Gasteiger partial charge < -0.3 is 10.1 Å². The summed E-state index contributed by atoms with van der Waals surface area (Å²) in [5.74, 6) is 0.903. The summed E-state index contributed by atoms with van der Waals surface area (Å²) in [5, 5.41) is 3.40. The lowest BCUT2D eigenvalue weighted by Crippen LogP contribution is -2.11. The van der Waals surface area contributed by atoms with Crippen LogP contribution in [-0.4, -0.2) is 7.11 Å². The van der Waals surface area contributed by atoms with Crippen molar-refractivity contribution in [2.45, 2.75) is 13.1 Å². The van der Waals surface area contributed by atoms with Crippen LogP contribution < -0.4 is 10.1 Å². The van der Waals surface area contributed by atoms with Gasteiger partial charge in [-0.15, -0.1) is 0 Å². The zero-order valence-corrected chi connectivity index (χ0v) is 9.44. The first-order chi connectivity index (χ1) is 7.88. The van der Waals surface area contributed by atoms with Gasteiger partial charge in [0.2, 0.25) is 0 Å². The fourth-order valence-electron chi connectivity index (χ4n) is 1.63. The molecule has 0 aromatic heterocycles. The van der Waals surface area contributed by atoms with Gasteiger partial charge in [0.15, 0.2) is 0 Å². The third kappa shape index (κ3) is 2.91. The van der Waals surface area contributed by atoms with E-state index in [1.807, 2.05) is 12.1 Å². The van der Waals surface area contributed by atoms with Crippen LogP contribution in [0, 0.1) is 0 Å². The van der Waals surface area contributed by atoms with E-state index in [1.54, 1.807) is 7.11 Å². The summed E-state index contributed by atoms with van der Waals surface area (Å²) >= 11 is 0. The molecule has 0 unspecified atom stereocenters. The Balaban J connectivity index is 1.81. The minimum absolute atomic E-state index is 0.884. The predicted octanol–water partition coefficient (Wildman–Crippen LogP) is 2.70. The van der Waals surface area contributed by atoms with Gasteiger partial charge in [0.05, 0.1) is 7.11 Å². The molecule has 0 spiro atoms. The number of hydrogen-bond donors (Lipinski definition) is 1. The third-order valence-electron chi connectivity index (χ3n) is 2.55. The number of hydrogen-bond acceptors (Lipinski definition) is 2. The topological polar surface area (TPSA) is 21.3 Å². The van der Waals surface area contributed by atoms with Crippen LogP contribution in [0.3, 0.4) is 0 Å². The van der Waals surface area contributed by atoms with Crippen molar-refractivity contribution in [1.29, 1.82) is 0 Å². The molecule has 2 heteroatoms. The maximum Gasteiger partial charge on any atom is 0.118 e. The molecule has 2 nitrogen and oxygen atoms in total. The molecule has 0 saturated carbocycles. The van der Waals surface area contributed by atoms with Gasteiger partial charge in [0.1, 0.15) is 5.75 Å². The standard InChI is InChI=1S/C14H16NO/c1-16-14-8-6-13(7-9-14)11-15-10-12-4-2-3-5-12/h2-9,15H,10-11H2,1H3/q-1. The summed E-state index contributed by atoms with van der Waals surface area (Å²) in [4.78, 5) is 0. The van der Waals surface area contributed by atoms with Crippen LogP contribution in [-0.2, 0) is 13.1 Å². The van der Waals surface area contributed by atoms with Crippen molar-refractivity contribution in [3.63, 3.8) is 0 Å². The van der Waals surface area contributed by atoms with Crippen LogP contribution >= 0.6 is 0 Å². The molecule has 0 fully saturated rings. The van der Waals surface area contributed by atoms with E-state index in [0.717, 1.165) is 18.8 Å². The first kappa shape index (κ1) is 10.8. The fraction of sp³-hybridized carbons (Fsp3) is 0.214. The molecular weight excluding hydrogens is 198 g/mol. The summed E-state index contributed by atoms with van der Waals surface area (Å²) < 4.78 is 5.11. The second-order valence-electron chi connectivity index (χ2n) is 3.74. The molecule has 2 aromatic rings. The van der Waals surface area contributed by atoms with Crippen LogP contribution in [0.25, 0.3) is 0 Å². The highest BCUT2D eigenvalue weighted by atomic mass is 16.5. The van der Waals surface area contributed by atoms with E-state index >= 15 is 0 Å². The second kappa shape index (κ2) is 5.42. The summed E-state index contributed by atoms with van der Waals surface area (Å²) in [5.41, 5.74) is 2.60. The van der Waals surface area contributed by atoms with Crippen LogP contribution in [0.5, 0.6) is 5.75 Å². The second-order valence-corrected chi connectivity index (χ2v) is 3.74. The number of benzene rings is 1. The summed E-state index contributed by atoms with van der Waals surface area (Å²) in [7, 11) is 1.68. The van der Waals surface area contributed by atoms with Gasteiger partial charge in [-0.25, -0.2) is 6.07 Å². The summed E-state index contributed by atoms with van der Waals surface area (Å²) in [6.45, 7) is 1.80. The van der Waals surface area contributed by atoms with E-state index in [9.17, 15) is 0 Å². The predicted molar refractivity (Wildman–Crippen MR) is 65.6 cm³/mol. The Labute approximate surface area is 96.2 Å². The number of methoxy groups -OCH3 is 1. The lowest BCUT2D eigenvalue weighted by Gasteiger charge is -2.08. The van der Waals surface area contributed by atoms with Gasteiger partial charge >= 0.3 is 0 Å². The largest absolute Gasteiger partial charge is 0.497 e. The van der Waals surface area contributed by atoms with Crippen LogP contribution in [0.15, 0.2) is 48.5 Å². The Morgan fingerprint density at radius 2 is 1.81 bits per heavy atom. The van der Waals surface area contributed by atoms with Crippen molar-refractivity contribution < 1.29 is 4.74 Å². The van der Waals surface area contributed by atoms with E-state index < -0.39 is 0 Å². The number of rotatable bonds is 5. The van der Waals surface area contributed by atoms with E-state index in [-0.39, 0.29) is 0 Å². The fourth-order valence-corrected chi connectivity index (χ4v) is 1.63. The minimum atomic E-state index is 0.884. The maximum atomic E-state index is 5.11. The molecule has 2 aromatic carbocycles. The van der Waals surface area contributed by atoms with Crippen LogP contribution in [0.2, 0.25) is 0 Å². The SMILES string of the molecule is COc1ccc(CNCc2cc[cH-]c2)cc1. The van der Waals surface area contributed by atoms with Crippen molar-refractivity contribution in [1.82, 2.24) is 5.32 Å². The molecule has 0 amide bonds. The Morgan fingerprint density at radius 3 is 2.44 bits per heavy atom. The van der Waals surface area contributed by atoms with Gasteiger partial charge in [0.25, 0.3) is 0 Å². The molecule has 0 saturated heterocycles. The van der Waals surface area contributed by atoms with Gasteiger partial charge in [0, 0.05) is 6.54 Å². The normalized spacial score (nSPS) is 10.3. The molecule has 0 aliphatic rings. The zero-order chi connectivity index (χ0) is 11.2. The quantitative estimate of drug-likeness (QED) is 0.773. The first-order valence-electron chi connectivity index (χ1n) is 5.43. The molecule has 2 rings (SSSR count). The smallest absolute Gasteiger partial charge is 0.118 e. The average molecular weight is 214 g/mol. The first-order valence-corrected chi connectivity index (χ1v) is 5.43. The van der Waals surface area contributed by atoms with E-state index in [0.29, 0.717) is 0 Å². The minimum Gasteiger partial charge on any atom is -0.497 e. The third-order valence-corrected chi connectivity index (χ3v) is 2.55. The summed E-state index contributed by atoms with van der Waals surface area (Å²) in [6.07, 6.45) is 0. The molecule has 0 aliphatic carbocycles. The molecule has 0 radical (unpaired) electrons. The van der Waals surface area contributed by atoms with E-state index in [2.05, 4.69) is 41.7 Å². The molecule has 1 N–H and O–H groups in total. The van der Waals surface area contributed by atoms with Crippen molar-refractivity contribution in [3.05, 3.63) is 59.7 Å². The van der Waals surface area contributed by atoms with E-state index in [4.69, 9.17) is 4.74 Å². The molecular formula is C14H16NO-. The lowest BCUT2D eigenvalue weighted by atomic mass is 10.2. The zero-order valence-electron chi connectivity index (χ0n) is 9.44. The Bertz CT molecular complexity index is 403. The number of ether oxygens (including phenoxy) is 1. The Morgan fingerprint density at radius 1 is 1.06 bits per heavy atom. The van der Waals surface area contributed by atoms with Crippen molar-refractivity contribution in [2.75, 3.05) is 7.11 Å². The monoisotopic (exact) mass is 214 g/mol. The maximum absolute atomic E-state index is 5.11. The van der Waals surface area contributed by atoms with E-state index in [1.165, 1.54) is 11.1 Å². The molecule has 0 bridgehead atoms. The highest BCUT2D eigenvalue weighted by Crippen LogP contribution is 2.11. The lowest BCUT2D eigenvalue weighted by molar-refractivity contribution is 0.414. The van der Waals surface area contributed by atoms with Gasteiger partial charge in [-0.1, -0.05) is 12.1 Å². The highest BCUT2D eigenvalue weighted by molar-refractivity contribution is 5.27. The van der Waals surface area contributed by atoms with Crippen LogP contribution in [0.4, 0.5) is 0 Å². The molecule has 84 valence electrons. The molecule has 0 aliphatic heterocycles. The Hall–Kier alpha value is -1.67. The van der Waals surface area contributed by atoms with Gasteiger partial charge in [-0.2, -0.15) is 23.8 Å².